The first-order valence-electron chi connectivity index (χ1n) is 13.7. The molecule has 1 aliphatic rings. The van der Waals surface area contributed by atoms with E-state index in [1.165, 1.54) is 10.4 Å². The maximum absolute atomic E-state index is 13.8. The Morgan fingerprint density at radius 1 is 1.16 bits per heavy atom. The summed E-state index contributed by atoms with van der Waals surface area (Å²) in [6.45, 7) is 9.11. The maximum atomic E-state index is 13.8. The molecule has 0 unspecified atom stereocenters. The predicted molar refractivity (Wildman–Crippen MR) is 158 cm³/mol. The van der Waals surface area contributed by atoms with E-state index in [1.54, 1.807) is 11.3 Å². The molecule has 0 aliphatic heterocycles. The van der Waals surface area contributed by atoms with Crippen LogP contribution < -0.4 is 5.32 Å². The zero-order valence-corrected chi connectivity index (χ0v) is 23.5. The van der Waals surface area contributed by atoms with Crippen LogP contribution >= 0.6 is 11.3 Å². The highest BCUT2D eigenvalue weighted by Gasteiger charge is 2.34. The second kappa shape index (κ2) is 10.7. The normalized spacial score (nSPS) is 15.2. The first kappa shape index (κ1) is 26.1. The Labute approximate surface area is 229 Å². The zero-order valence-electron chi connectivity index (χ0n) is 22.7. The van der Waals surface area contributed by atoms with Gasteiger partial charge in [-0.1, -0.05) is 83.0 Å². The summed E-state index contributed by atoms with van der Waals surface area (Å²) < 4.78 is 0. The van der Waals surface area contributed by atoms with Crippen LogP contribution in [-0.2, 0) is 19.3 Å². The first-order valence-corrected chi connectivity index (χ1v) is 14.5. The molecule has 2 aromatic carbocycles. The number of amides is 1. The molecule has 2 aromatic heterocycles. The van der Waals surface area contributed by atoms with Gasteiger partial charge in [-0.05, 0) is 60.3 Å². The van der Waals surface area contributed by atoms with Crippen molar-refractivity contribution in [3.63, 3.8) is 0 Å². The molecule has 1 amide bonds. The Balaban J connectivity index is 1.49. The van der Waals surface area contributed by atoms with Crippen LogP contribution in [0.1, 0.15) is 78.9 Å². The van der Waals surface area contributed by atoms with E-state index in [2.05, 4.69) is 63.3 Å². The van der Waals surface area contributed by atoms with E-state index in [0.29, 0.717) is 22.0 Å². The molecule has 5 heteroatoms. The van der Waals surface area contributed by atoms with E-state index in [4.69, 9.17) is 4.98 Å². The molecule has 0 saturated heterocycles. The summed E-state index contributed by atoms with van der Waals surface area (Å²) >= 11 is 1.58. The number of pyridine rings is 1. The molecule has 0 saturated carbocycles. The highest BCUT2D eigenvalue weighted by Crippen LogP contribution is 2.45. The second-order valence-corrected chi connectivity index (χ2v) is 12.2. The Kier molecular flexibility index (Phi) is 7.36. The maximum Gasteiger partial charge on any atom is 0.257 e. The molecule has 0 spiro atoms. The van der Waals surface area contributed by atoms with E-state index in [-0.39, 0.29) is 11.3 Å². The molecule has 2 heterocycles. The molecule has 4 nitrogen and oxygen atoms in total. The minimum absolute atomic E-state index is 0.201. The van der Waals surface area contributed by atoms with Crippen molar-refractivity contribution in [1.29, 1.82) is 5.26 Å². The van der Waals surface area contributed by atoms with Crippen LogP contribution in [-0.4, -0.2) is 10.9 Å². The fraction of sp³-hybridized carbons (Fsp3) is 0.364. The zero-order chi connectivity index (χ0) is 26.9. The number of rotatable bonds is 7. The van der Waals surface area contributed by atoms with Gasteiger partial charge in [-0.3, -0.25) is 4.79 Å². The van der Waals surface area contributed by atoms with Crippen molar-refractivity contribution in [2.24, 2.45) is 11.3 Å². The Bertz CT molecular complexity index is 1520. The van der Waals surface area contributed by atoms with E-state index >= 15 is 0 Å². The average Bonchev–Trinajstić information content (AvgIpc) is 3.29. The SMILES string of the molecule is CCCc1ccc(-c2cc(C(=O)Nc3sc4c(c3C#N)CC[C@@H](C(C)(C)CC)C4)c3ccccc3n2)cc1. The number of hydrogen-bond donors (Lipinski definition) is 1. The molecule has 1 atom stereocenters. The summed E-state index contributed by atoms with van der Waals surface area (Å²) in [7, 11) is 0. The lowest BCUT2D eigenvalue weighted by molar-refractivity contribution is 0.102. The van der Waals surface area contributed by atoms with Crippen LogP contribution in [0.3, 0.4) is 0 Å². The number of carbonyl (C=O) groups excluding carboxylic acids is 1. The third-order valence-corrected chi connectivity index (χ3v) is 9.54. The van der Waals surface area contributed by atoms with Crippen LogP contribution in [0.4, 0.5) is 5.00 Å². The number of nitrogens with one attached hydrogen (secondary N) is 1. The van der Waals surface area contributed by atoms with Gasteiger partial charge in [0.2, 0.25) is 0 Å². The van der Waals surface area contributed by atoms with Crippen molar-refractivity contribution < 1.29 is 4.79 Å². The molecule has 0 fully saturated rings. The van der Waals surface area contributed by atoms with Gasteiger partial charge in [0.1, 0.15) is 11.1 Å². The number of hydrogen-bond acceptors (Lipinski definition) is 4. The minimum atomic E-state index is -0.201. The van der Waals surface area contributed by atoms with Gasteiger partial charge >= 0.3 is 0 Å². The van der Waals surface area contributed by atoms with Crippen molar-refractivity contribution in [2.45, 2.75) is 66.2 Å². The minimum Gasteiger partial charge on any atom is -0.312 e. The number of nitrogens with zero attached hydrogens (tertiary/aromatic N) is 2. The fourth-order valence-electron chi connectivity index (χ4n) is 5.56. The van der Waals surface area contributed by atoms with Gasteiger partial charge < -0.3 is 5.32 Å². The van der Waals surface area contributed by atoms with E-state index < -0.39 is 0 Å². The van der Waals surface area contributed by atoms with Crippen molar-refractivity contribution in [1.82, 2.24) is 4.98 Å². The van der Waals surface area contributed by atoms with Crippen LogP contribution in [0.25, 0.3) is 22.2 Å². The van der Waals surface area contributed by atoms with Gasteiger partial charge in [0.05, 0.1) is 22.3 Å². The lowest BCUT2D eigenvalue weighted by Gasteiger charge is -2.36. The monoisotopic (exact) mass is 521 g/mol. The molecular formula is C33H35N3OS. The van der Waals surface area contributed by atoms with Crippen molar-refractivity contribution in [3.8, 4) is 17.3 Å². The highest BCUT2D eigenvalue weighted by atomic mass is 32.1. The topological polar surface area (TPSA) is 65.8 Å². The van der Waals surface area contributed by atoms with Gasteiger partial charge in [-0.25, -0.2) is 4.98 Å². The number of fused-ring (bicyclic) bond motifs is 2. The smallest absolute Gasteiger partial charge is 0.257 e. The second-order valence-electron chi connectivity index (χ2n) is 11.1. The number of carbonyl (C=O) groups is 1. The number of aromatic nitrogens is 1. The molecule has 194 valence electrons. The summed E-state index contributed by atoms with van der Waals surface area (Å²) in [4.78, 5) is 19.9. The molecule has 1 N–H and O–H groups in total. The molecule has 0 bridgehead atoms. The molecule has 4 aromatic rings. The molecule has 0 radical (unpaired) electrons. The lowest BCUT2D eigenvalue weighted by Crippen LogP contribution is -2.28. The Morgan fingerprint density at radius 3 is 2.63 bits per heavy atom. The standard InChI is InChI=1S/C33H35N3OS/c1-5-9-21-12-14-22(15-13-21)29-19-26(24-10-7-8-11-28(24)35-29)31(37)36-32-27(20-34)25-17-16-23(18-30(25)38-32)33(3,4)6-2/h7-8,10-15,19,23H,5-6,9,16-18H2,1-4H3,(H,36,37)/t23-/m1/s1. The largest absolute Gasteiger partial charge is 0.312 e. The average molecular weight is 522 g/mol. The summed E-state index contributed by atoms with van der Waals surface area (Å²) in [6, 6.07) is 20.5. The van der Waals surface area contributed by atoms with Gasteiger partial charge in [0.25, 0.3) is 5.91 Å². The van der Waals surface area contributed by atoms with E-state index in [0.717, 1.165) is 66.2 Å². The highest BCUT2D eigenvalue weighted by molar-refractivity contribution is 7.16. The van der Waals surface area contributed by atoms with Crippen molar-refractivity contribution in [2.75, 3.05) is 5.32 Å². The number of thiophene rings is 1. The quantitative estimate of drug-likeness (QED) is 0.265. The first-order chi connectivity index (χ1) is 18.3. The van der Waals surface area contributed by atoms with Crippen molar-refractivity contribution >= 4 is 33.1 Å². The number of para-hydroxylation sites is 1. The predicted octanol–water partition coefficient (Wildman–Crippen LogP) is 8.58. The molecule has 1 aliphatic carbocycles. The molecule has 5 rings (SSSR count). The summed E-state index contributed by atoms with van der Waals surface area (Å²) in [6.07, 6.45) is 6.23. The van der Waals surface area contributed by atoms with Gasteiger partial charge in [0, 0.05) is 15.8 Å². The van der Waals surface area contributed by atoms with Crippen LogP contribution in [0, 0.1) is 22.7 Å². The third-order valence-electron chi connectivity index (χ3n) is 8.37. The molecular weight excluding hydrogens is 486 g/mol. The van der Waals surface area contributed by atoms with Crippen molar-refractivity contribution in [3.05, 3.63) is 81.7 Å². The molecule has 38 heavy (non-hydrogen) atoms. The van der Waals surface area contributed by atoms with Crippen LogP contribution in [0.5, 0.6) is 0 Å². The van der Waals surface area contributed by atoms with E-state index in [9.17, 15) is 10.1 Å². The fourth-order valence-corrected chi connectivity index (χ4v) is 6.83. The Hall–Kier alpha value is -3.49. The number of benzene rings is 2. The van der Waals surface area contributed by atoms with Gasteiger partial charge in [-0.15, -0.1) is 11.3 Å². The van der Waals surface area contributed by atoms with Crippen LogP contribution in [0.2, 0.25) is 0 Å². The summed E-state index contributed by atoms with van der Waals surface area (Å²) in [5.74, 6) is 0.386. The summed E-state index contributed by atoms with van der Waals surface area (Å²) in [5.41, 5.74) is 6.43. The van der Waals surface area contributed by atoms with Crippen LogP contribution in [0.15, 0.2) is 54.6 Å². The number of aryl methyl sites for hydroxylation is 1. The van der Waals surface area contributed by atoms with E-state index in [1.807, 2.05) is 30.3 Å². The van der Waals surface area contributed by atoms with Gasteiger partial charge in [0.15, 0.2) is 0 Å². The van der Waals surface area contributed by atoms with Gasteiger partial charge in [-0.2, -0.15) is 5.26 Å². The number of anilines is 1. The third kappa shape index (κ3) is 4.98. The number of nitriles is 1. The Morgan fingerprint density at radius 2 is 1.92 bits per heavy atom. The summed E-state index contributed by atoms with van der Waals surface area (Å²) in [5, 5.41) is 14.6. The lowest BCUT2D eigenvalue weighted by atomic mass is 9.69.